The Kier molecular flexibility index (Phi) is 3.79. The van der Waals surface area contributed by atoms with Crippen LogP contribution in [0.5, 0.6) is 0 Å². The van der Waals surface area contributed by atoms with Gasteiger partial charge in [0.25, 0.3) is 0 Å². The van der Waals surface area contributed by atoms with E-state index in [1.54, 1.807) is 6.07 Å². The predicted molar refractivity (Wildman–Crippen MR) is 79.1 cm³/mol. The van der Waals surface area contributed by atoms with E-state index in [1.807, 2.05) is 30.0 Å². The van der Waals surface area contributed by atoms with Crippen molar-refractivity contribution in [3.63, 3.8) is 0 Å². The van der Waals surface area contributed by atoms with Crippen molar-refractivity contribution in [3.05, 3.63) is 34.8 Å². The molecule has 0 unspecified atom stereocenters. The van der Waals surface area contributed by atoms with Gasteiger partial charge in [0.1, 0.15) is 0 Å². The summed E-state index contributed by atoms with van der Waals surface area (Å²) in [6.07, 6.45) is 0.313. The van der Waals surface area contributed by atoms with Gasteiger partial charge in [-0.05, 0) is 19.1 Å². The van der Waals surface area contributed by atoms with Gasteiger partial charge < -0.3 is 14.6 Å². The topological polar surface area (TPSA) is 67.5 Å². The van der Waals surface area contributed by atoms with Gasteiger partial charge in [0.15, 0.2) is 5.58 Å². The highest BCUT2D eigenvalue weighted by molar-refractivity contribution is 5.77. The smallest absolute Gasteiger partial charge is 0.408 e. The SMILES string of the molecule is C[C@H]1CNCCN1C(=O)CCn1c(=O)oc2ccccc21. The molecule has 3 rings (SSSR count). The predicted octanol–water partition coefficient (Wildman–Crippen LogP) is 0.805. The van der Waals surface area contributed by atoms with Crippen molar-refractivity contribution in [3.8, 4) is 0 Å². The van der Waals surface area contributed by atoms with E-state index in [4.69, 9.17) is 4.42 Å². The van der Waals surface area contributed by atoms with E-state index in [1.165, 1.54) is 4.57 Å². The van der Waals surface area contributed by atoms with Crippen molar-refractivity contribution in [2.45, 2.75) is 25.9 Å². The molecular weight excluding hydrogens is 270 g/mol. The Labute approximate surface area is 122 Å². The van der Waals surface area contributed by atoms with Crippen molar-refractivity contribution in [1.29, 1.82) is 0 Å². The van der Waals surface area contributed by atoms with Crippen LogP contribution in [0.4, 0.5) is 0 Å². The second kappa shape index (κ2) is 5.73. The van der Waals surface area contributed by atoms with Crippen LogP contribution >= 0.6 is 0 Å². The summed E-state index contributed by atoms with van der Waals surface area (Å²) >= 11 is 0. The molecule has 112 valence electrons. The van der Waals surface area contributed by atoms with E-state index >= 15 is 0 Å². The second-order valence-electron chi connectivity index (χ2n) is 5.38. The standard InChI is InChI=1S/C15H19N3O3/c1-11-10-16-7-9-17(11)14(19)6-8-18-12-4-2-3-5-13(12)21-15(18)20/h2-5,11,16H,6-10H2,1H3/t11-/m0/s1. The minimum Gasteiger partial charge on any atom is -0.408 e. The van der Waals surface area contributed by atoms with Gasteiger partial charge in [-0.3, -0.25) is 9.36 Å². The molecule has 0 radical (unpaired) electrons. The van der Waals surface area contributed by atoms with Gasteiger partial charge in [0.2, 0.25) is 5.91 Å². The number of benzene rings is 1. The summed E-state index contributed by atoms with van der Waals surface area (Å²) < 4.78 is 6.70. The van der Waals surface area contributed by atoms with Gasteiger partial charge >= 0.3 is 5.76 Å². The molecule has 1 aromatic carbocycles. The van der Waals surface area contributed by atoms with Gasteiger partial charge in [0.05, 0.1) is 5.52 Å². The molecule has 0 aliphatic carbocycles. The lowest BCUT2D eigenvalue weighted by atomic mass is 10.2. The zero-order valence-corrected chi connectivity index (χ0v) is 12.0. The number of hydrogen-bond donors (Lipinski definition) is 1. The van der Waals surface area contributed by atoms with Gasteiger partial charge in [-0.1, -0.05) is 12.1 Å². The Hall–Kier alpha value is -2.08. The van der Waals surface area contributed by atoms with Crippen LogP contribution in [0.15, 0.2) is 33.5 Å². The zero-order valence-electron chi connectivity index (χ0n) is 12.0. The van der Waals surface area contributed by atoms with Crippen molar-refractivity contribution >= 4 is 17.0 Å². The third kappa shape index (κ3) is 2.71. The number of rotatable bonds is 3. The Balaban J connectivity index is 1.73. The number of amides is 1. The maximum atomic E-state index is 12.3. The summed E-state index contributed by atoms with van der Waals surface area (Å²) in [5.41, 5.74) is 1.30. The van der Waals surface area contributed by atoms with Gasteiger partial charge in [-0.2, -0.15) is 0 Å². The Morgan fingerprint density at radius 1 is 1.43 bits per heavy atom. The summed E-state index contributed by atoms with van der Waals surface area (Å²) in [7, 11) is 0. The summed E-state index contributed by atoms with van der Waals surface area (Å²) in [6, 6.07) is 7.46. The van der Waals surface area contributed by atoms with E-state index in [9.17, 15) is 9.59 Å². The number of nitrogens with zero attached hydrogens (tertiary/aromatic N) is 2. The number of piperazine rings is 1. The lowest BCUT2D eigenvalue weighted by molar-refractivity contribution is -0.134. The Morgan fingerprint density at radius 2 is 2.24 bits per heavy atom. The van der Waals surface area contributed by atoms with Crippen molar-refractivity contribution in [2.75, 3.05) is 19.6 Å². The van der Waals surface area contributed by atoms with Crippen LogP contribution in [-0.4, -0.2) is 41.1 Å². The van der Waals surface area contributed by atoms with Crippen molar-refractivity contribution in [2.24, 2.45) is 0 Å². The lowest BCUT2D eigenvalue weighted by Gasteiger charge is -2.34. The van der Waals surface area contributed by atoms with Gasteiger partial charge in [-0.15, -0.1) is 0 Å². The molecule has 6 heteroatoms. The molecule has 6 nitrogen and oxygen atoms in total. The first-order valence-corrected chi connectivity index (χ1v) is 7.25. The van der Waals surface area contributed by atoms with E-state index in [0.717, 1.165) is 25.2 Å². The number of nitrogens with one attached hydrogen (secondary N) is 1. The molecule has 1 aliphatic heterocycles. The minimum atomic E-state index is -0.405. The second-order valence-corrected chi connectivity index (χ2v) is 5.38. The van der Waals surface area contributed by atoms with Gasteiger partial charge in [0, 0.05) is 38.6 Å². The highest BCUT2D eigenvalue weighted by Gasteiger charge is 2.23. The number of carbonyl (C=O) groups is 1. The fraction of sp³-hybridized carbons (Fsp3) is 0.467. The largest absolute Gasteiger partial charge is 0.419 e. The third-order valence-electron chi connectivity index (χ3n) is 3.94. The van der Waals surface area contributed by atoms with Crippen LogP contribution in [0, 0.1) is 0 Å². The molecule has 2 aromatic rings. The normalized spacial score (nSPS) is 19.1. The van der Waals surface area contributed by atoms with E-state index in [0.29, 0.717) is 18.5 Å². The molecule has 0 spiro atoms. The molecule has 1 atom stereocenters. The monoisotopic (exact) mass is 289 g/mol. The van der Waals surface area contributed by atoms with Crippen molar-refractivity contribution < 1.29 is 9.21 Å². The van der Waals surface area contributed by atoms with Crippen LogP contribution in [0.25, 0.3) is 11.1 Å². The maximum absolute atomic E-state index is 12.3. The molecule has 1 aliphatic rings. The first-order valence-electron chi connectivity index (χ1n) is 7.25. The first-order chi connectivity index (χ1) is 10.2. The zero-order chi connectivity index (χ0) is 14.8. The quantitative estimate of drug-likeness (QED) is 0.908. The third-order valence-corrected chi connectivity index (χ3v) is 3.94. The number of aromatic nitrogens is 1. The number of hydrogen-bond acceptors (Lipinski definition) is 4. The van der Waals surface area contributed by atoms with Crippen LogP contribution in [0.1, 0.15) is 13.3 Å². The molecule has 1 saturated heterocycles. The van der Waals surface area contributed by atoms with Crippen molar-refractivity contribution in [1.82, 2.24) is 14.8 Å². The summed E-state index contributed by atoms with van der Waals surface area (Å²) in [5, 5.41) is 3.26. The minimum absolute atomic E-state index is 0.0844. The fourth-order valence-corrected chi connectivity index (χ4v) is 2.79. The number of para-hydroxylation sites is 2. The number of oxazole rings is 1. The maximum Gasteiger partial charge on any atom is 0.419 e. The average molecular weight is 289 g/mol. The highest BCUT2D eigenvalue weighted by Crippen LogP contribution is 2.13. The fourth-order valence-electron chi connectivity index (χ4n) is 2.79. The van der Waals surface area contributed by atoms with Crippen LogP contribution < -0.4 is 11.1 Å². The van der Waals surface area contributed by atoms with E-state index in [-0.39, 0.29) is 11.9 Å². The molecular formula is C15H19N3O3. The number of carbonyl (C=O) groups excluding carboxylic acids is 1. The Bertz CT molecular complexity index is 703. The molecule has 0 saturated carbocycles. The van der Waals surface area contributed by atoms with Crippen LogP contribution in [0.3, 0.4) is 0 Å². The number of fused-ring (bicyclic) bond motifs is 1. The first kappa shape index (κ1) is 13.9. The molecule has 1 amide bonds. The summed E-state index contributed by atoms with van der Waals surface area (Å²) in [5.74, 6) is -0.321. The van der Waals surface area contributed by atoms with Gasteiger partial charge in [-0.25, -0.2) is 4.79 Å². The molecule has 2 heterocycles. The van der Waals surface area contributed by atoms with E-state index in [2.05, 4.69) is 5.32 Å². The molecule has 0 bridgehead atoms. The Morgan fingerprint density at radius 3 is 3.05 bits per heavy atom. The van der Waals surface area contributed by atoms with Crippen LogP contribution in [0.2, 0.25) is 0 Å². The van der Waals surface area contributed by atoms with Crippen LogP contribution in [-0.2, 0) is 11.3 Å². The molecule has 1 N–H and O–H groups in total. The number of aryl methyl sites for hydroxylation is 1. The summed E-state index contributed by atoms with van der Waals surface area (Å²) in [4.78, 5) is 26.0. The molecule has 1 fully saturated rings. The lowest BCUT2D eigenvalue weighted by Crippen LogP contribution is -2.52. The average Bonchev–Trinajstić information content (AvgIpc) is 2.81. The molecule has 21 heavy (non-hydrogen) atoms. The summed E-state index contributed by atoms with van der Waals surface area (Å²) in [6.45, 7) is 4.75. The highest BCUT2D eigenvalue weighted by atomic mass is 16.4. The molecule has 1 aromatic heterocycles. The van der Waals surface area contributed by atoms with E-state index < -0.39 is 5.76 Å².